The van der Waals surface area contributed by atoms with E-state index in [-0.39, 0.29) is 11.7 Å². The molecule has 4 aromatic rings. The van der Waals surface area contributed by atoms with Crippen LogP contribution < -0.4 is 5.32 Å². The van der Waals surface area contributed by atoms with Crippen molar-refractivity contribution in [1.29, 1.82) is 0 Å². The summed E-state index contributed by atoms with van der Waals surface area (Å²) in [5, 5.41) is 13.1. The SMILES string of the molecule is Cc1cccc(-c2nnc(SCC(=O)Nc3cccc4ncccc34)n2C)c1. The fraction of sp³-hybridized carbons (Fsp3) is 0.143. The maximum Gasteiger partial charge on any atom is 0.234 e. The Labute approximate surface area is 167 Å². The zero-order chi connectivity index (χ0) is 19.5. The van der Waals surface area contributed by atoms with E-state index in [1.807, 2.05) is 67.1 Å². The quantitative estimate of drug-likeness (QED) is 0.521. The topological polar surface area (TPSA) is 72.7 Å². The molecule has 0 unspecified atom stereocenters. The third-order valence-corrected chi connectivity index (χ3v) is 5.38. The molecule has 0 bridgehead atoms. The van der Waals surface area contributed by atoms with Crippen molar-refractivity contribution in [3.8, 4) is 11.4 Å². The molecular formula is C21H19N5OS. The molecule has 28 heavy (non-hydrogen) atoms. The molecule has 0 spiro atoms. The summed E-state index contributed by atoms with van der Waals surface area (Å²) < 4.78 is 1.91. The number of hydrogen-bond acceptors (Lipinski definition) is 5. The number of aryl methyl sites for hydroxylation is 1. The highest BCUT2D eigenvalue weighted by Gasteiger charge is 2.13. The summed E-state index contributed by atoms with van der Waals surface area (Å²) in [6.45, 7) is 2.04. The Morgan fingerprint density at radius 2 is 1.96 bits per heavy atom. The van der Waals surface area contributed by atoms with Gasteiger partial charge in [0.15, 0.2) is 11.0 Å². The van der Waals surface area contributed by atoms with Gasteiger partial charge in [0.05, 0.1) is 17.0 Å². The second kappa shape index (κ2) is 7.82. The summed E-state index contributed by atoms with van der Waals surface area (Å²) in [4.78, 5) is 16.8. The second-order valence-corrected chi connectivity index (χ2v) is 7.39. The van der Waals surface area contributed by atoms with E-state index in [0.29, 0.717) is 5.16 Å². The first-order chi connectivity index (χ1) is 13.6. The van der Waals surface area contributed by atoms with Gasteiger partial charge in [0, 0.05) is 24.2 Å². The van der Waals surface area contributed by atoms with Crippen LogP contribution >= 0.6 is 11.8 Å². The predicted octanol–water partition coefficient (Wildman–Crippen LogP) is 4.07. The number of benzene rings is 2. The monoisotopic (exact) mass is 389 g/mol. The van der Waals surface area contributed by atoms with Crippen LogP contribution in [0.2, 0.25) is 0 Å². The van der Waals surface area contributed by atoms with Crippen LogP contribution in [0.25, 0.3) is 22.3 Å². The predicted molar refractivity (Wildman–Crippen MR) is 112 cm³/mol. The van der Waals surface area contributed by atoms with Gasteiger partial charge in [0.2, 0.25) is 5.91 Å². The maximum atomic E-state index is 12.5. The number of aromatic nitrogens is 4. The van der Waals surface area contributed by atoms with Crippen LogP contribution in [0.15, 0.2) is 66.0 Å². The Hall–Kier alpha value is -3.19. The average Bonchev–Trinajstić information content (AvgIpc) is 3.07. The Kier molecular flexibility index (Phi) is 5.08. The lowest BCUT2D eigenvalue weighted by Crippen LogP contribution is -2.14. The van der Waals surface area contributed by atoms with Gasteiger partial charge in [-0.3, -0.25) is 9.78 Å². The van der Waals surface area contributed by atoms with Crippen LogP contribution in [0, 0.1) is 6.92 Å². The molecule has 1 amide bonds. The number of nitrogens with zero attached hydrogens (tertiary/aromatic N) is 4. The fourth-order valence-electron chi connectivity index (χ4n) is 3.00. The van der Waals surface area contributed by atoms with E-state index in [4.69, 9.17) is 0 Å². The molecule has 0 saturated heterocycles. The number of hydrogen-bond donors (Lipinski definition) is 1. The van der Waals surface area contributed by atoms with Gasteiger partial charge in [0.1, 0.15) is 0 Å². The molecule has 0 fully saturated rings. The van der Waals surface area contributed by atoms with E-state index in [1.54, 1.807) is 6.20 Å². The van der Waals surface area contributed by atoms with Crippen molar-refractivity contribution in [3.63, 3.8) is 0 Å². The van der Waals surface area contributed by atoms with Gasteiger partial charge in [-0.05, 0) is 37.3 Å². The molecule has 2 heterocycles. The summed E-state index contributed by atoms with van der Waals surface area (Å²) in [6.07, 6.45) is 1.74. The van der Waals surface area contributed by atoms with Gasteiger partial charge in [-0.1, -0.05) is 41.6 Å². The number of anilines is 1. The minimum absolute atomic E-state index is 0.0959. The summed E-state index contributed by atoms with van der Waals surface area (Å²) in [5.74, 6) is 0.935. The molecule has 2 aromatic carbocycles. The number of fused-ring (bicyclic) bond motifs is 1. The Morgan fingerprint density at radius 3 is 2.82 bits per heavy atom. The van der Waals surface area contributed by atoms with Crippen LogP contribution in [0.5, 0.6) is 0 Å². The highest BCUT2D eigenvalue weighted by atomic mass is 32.2. The number of nitrogens with one attached hydrogen (secondary N) is 1. The molecule has 0 radical (unpaired) electrons. The minimum Gasteiger partial charge on any atom is -0.325 e. The first kappa shape index (κ1) is 18.2. The Balaban J connectivity index is 1.45. The molecule has 0 aliphatic carbocycles. The zero-order valence-electron chi connectivity index (χ0n) is 15.6. The number of carbonyl (C=O) groups is 1. The third kappa shape index (κ3) is 3.75. The number of thioether (sulfide) groups is 1. The van der Waals surface area contributed by atoms with Crippen molar-refractivity contribution in [1.82, 2.24) is 19.7 Å². The zero-order valence-corrected chi connectivity index (χ0v) is 16.4. The normalized spacial score (nSPS) is 10.9. The molecule has 1 N–H and O–H groups in total. The minimum atomic E-state index is -0.0959. The van der Waals surface area contributed by atoms with Gasteiger partial charge in [-0.15, -0.1) is 10.2 Å². The number of amides is 1. The van der Waals surface area contributed by atoms with Crippen molar-refractivity contribution in [2.45, 2.75) is 12.1 Å². The first-order valence-corrected chi connectivity index (χ1v) is 9.83. The van der Waals surface area contributed by atoms with E-state index in [9.17, 15) is 4.79 Å². The highest BCUT2D eigenvalue weighted by Crippen LogP contribution is 2.24. The summed E-state index contributed by atoms with van der Waals surface area (Å²) in [7, 11) is 1.91. The van der Waals surface area contributed by atoms with Gasteiger partial charge in [-0.2, -0.15) is 0 Å². The van der Waals surface area contributed by atoms with Crippen molar-refractivity contribution >= 4 is 34.3 Å². The summed E-state index contributed by atoms with van der Waals surface area (Å²) in [6, 6.07) is 17.6. The molecule has 4 rings (SSSR count). The molecule has 6 nitrogen and oxygen atoms in total. The third-order valence-electron chi connectivity index (χ3n) is 4.36. The van der Waals surface area contributed by atoms with Crippen LogP contribution in [-0.2, 0) is 11.8 Å². The van der Waals surface area contributed by atoms with E-state index in [0.717, 1.165) is 28.0 Å². The van der Waals surface area contributed by atoms with Crippen LogP contribution in [0.3, 0.4) is 0 Å². The highest BCUT2D eigenvalue weighted by molar-refractivity contribution is 7.99. The Morgan fingerprint density at radius 1 is 1.11 bits per heavy atom. The Bertz CT molecular complexity index is 1150. The standard InChI is InChI=1S/C21H19N5OS/c1-14-6-3-7-15(12-14)20-24-25-21(26(20)2)28-13-19(27)23-18-10-4-9-17-16(18)8-5-11-22-17/h3-12H,13H2,1-2H3,(H,23,27). The molecule has 0 atom stereocenters. The van der Waals surface area contributed by atoms with Crippen molar-refractivity contribution < 1.29 is 4.79 Å². The van der Waals surface area contributed by atoms with Crippen molar-refractivity contribution in [2.24, 2.45) is 7.05 Å². The van der Waals surface area contributed by atoms with E-state index in [2.05, 4.69) is 26.6 Å². The van der Waals surface area contributed by atoms with E-state index in [1.165, 1.54) is 17.3 Å². The number of pyridine rings is 1. The fourth-order valence-corrected chi connectivity index (χ4v) is 3.72. The van der Waals surface area contributed by atoms with Gasteiger partial charge >= 0.3 is 0 Å². The van der Waals surface area contributed by atoms with Gasteiger partial charge in [-0.25, -0.2) is 0 Å². The number of carbonyl (C=O) groups excluding carboxylic acids is 1. The maximum absolute atomic E-state index is 12.5. The van der Waals surface area contributed by atoms with Gasteiger partial charge in [0.25, 0.3) is 0 Å². The second-order valence-electron chi connectivity index (χ2n) is 6.45. The molecule has 0 aliphatic heterocycles. The molecule has 2 aromatic heterocycles. The molecular weight excluding hydrogens is 370 g/mol. The molecule has 140 valence electrons. The largest absolute Gasteiger partial charge is 0.325 e. The van der Waals surface area contributed by atoms with E-state index < -0.39 is 0 Å². The summed E-state index contributed by atoms with van der Waals surface area (Å²) in [5.41, 5.74) is 3.78. The van der Waals surface area contributed by atoms with Crippen LogP contribution in [0.4, 0.5) is 5.69 Å². The first-order valence-electron chi connectivity index (χ1n) is 8.84. The van der Waals surface area contributed by atoms with Crippen LogP contribution in [0.1, 0.15) is 5.56 Å². The van der Waals surface area contributed by atoms with Crippen molar-refractivity contribution in [3.05, 3.63) is 66.4 Å². The van der Waals surface area contributed by atoms with Crippen molar-refractivity contribution in [2.75, 3.05) is 11.1 Å². The average molecular weight is 389 g/mol. The number of rotatable bonds is 5. The molecule has 0 saturated carbocycles. The van der Waals surface area contributed by atoms with Crippen LogP contribution in [-0.4, -0.2) is 31.4 Å². The lowest BCUT2D eigenvalue weighted by atomic mass is 10.1. The van der Waals surface area contributed by atoms with E-state index >= 15 is 0 Å². The lowest BCUT2D eigenvalue weighted by molar-refractivity contribution is -0.113. The lowest BCUT2D eigenvalue weighted by Gasteiger charge is -2.08. The smallest absolute Gasteiger partial charge is 0.234 e. The van der Waals surface area contributed by atoms with Gasteiger partial charge < -0.3 is 9.88 Å². The molecule has 0 aliphatic rings. The summed E-state index contributed by atoms with van der Waals surface area (Å²) >= 11 is 1.36. The molecule has 7 heteroatoms.